The Bertz CT molecular complexity index is 608. The van der Waals surface area contributed by atoms with Gasteiger partial charge in [-0.15, -0.1) is 0 Å². The Hall–Kier alpha value is -2.19. The van der Waals surface area contributed by atoms with E-state index in [0.717, 1.165) is 50.9 Å². The summed E-state index contributed by atoms with van der Waals surface area (Å²) in [4.78, 5) is 6.76. The van der Waals surface area contributed by atoms with Crippen LogP contribution in [0, 0.1) is 5.92 Å². The van der Waals surface area contributed by atoms with Gasteiger partial charge in [0.15, 0.2) is 17.5 Å². The van der Waals surface area contributed by atoms with Gasteiger partial charge in [0, 0.05) is 39.8 Å². The smallest absolute Gasteiger partial charge is 0.203 e. The van der Waals surface area contributed by atoms with Crippen LogP contribution < -0.4 is 24.8 Å². The Balaban J connectivity index is 1.86. The number of ether oxygens (including phenoxy) is 4. The maximum atomic E-state index is 5.41. The minimum Gasteiger partial charge on any atom is -0.493 e. The molecule has 2 rings (SSSR count). The molecule has 1 saturated heterocycles. The second kappa shape index (κ2) is 11.6. The number of guanidine groups is 1. The molecule has 0 radical (unpaired) electrons. The lowest BCUT2D eigenvalue weighted by atomic mass is 10.1. The van der Waals surface area contributed by atoms with Crippen LogP contribution in [0.25, 0.3) is 0 Å². The normalized spacial score (nSPS) is 16.4. The first-order valence-corrected chi connectivity index (χ1v) is 9.64. The lowest BCUT2D eigenvalue weighted by molar-refractivity contribution is 0.0320. The molecule has 28 heavy (non-hydrogen) atoms. The SMILES string of the molecule is CN=C(NCc1cc(OC)c(OC)c(OC)c1)NCC(C)CN1CCOCC1. The Morgan fingerprint density at radius 3 is 2.29 bits per heavy atom. The zero-order valence-corrected chi connectivity index (χ0v) is 17.7. The first-order chi connectivity index (χ1) is 13.6. The number of aliphatic imine (C=N–C) groups is 1. The van der Waals surface area contributed by atoms with Crippen molar-refractivity contribution in [1.82, 2.24) is 15.5 Å². The van der Waals surface area contributed by atoms with Gasteiger partial charge < -0.3 is 29.6 Å². The third kappa shape index (κ3) is 6.45. The maximum Gasteiger partial charge on any atom is 0.203 e. The maximum absolute atomic E-state index is 5.41. The van der Waals surface area contributed by atoms with Crippen LogP contribution in [0.4, 0.5) is 0 Å². The summed E-state index contributed by atoms with van der Waals surface area (Å²) in [6, 6.07) is 3.87. The number of nitrogens with one attached hydrogen (secondary N) is 2. The number of hydrogen-bond donors (Lipinski definition) is 2. The van der Waals surface area contributed by atoms with E-state index in [-0.39, 0.29) is 0 Å². The highest BCUT2D eigenvalue weighted by Gasteiger charge is 2.15. The van der Waals surface area contributed by atoms with E-state index < -0.39 is 0 Å². The molecule has 0 spiro atoms. The van der Waals surface area contributed by atoms with Crippen molar-refractivity contribution >= 4 is 5.96 Å². The molecule has 1 fully saturated rings. The fourth-order valence-electron chi connectivity index (χ4n) is 3.20. The minimum atomic E-state index is 0.512. The molecule has 0 bridgehead atoms. The van der Waals surface area contributed by atoms with Crippen molar-refractivity contribution in [2.45, 2.75) is 13.5 Å². The molecule has 1 aromatic carbocycles. The Morgan fingerprint density at radius 1 is 1.11 bits per heavy atom. The van der Waals surface area contributed by atoms with Gasteiger partial charge in [-0.25, -0.2) is 0 Å². The van der Waals surface area contributed by atoms with E-state index in [1.165, 1.54) is 0 Å². The van der Waals surface area contributed by atoms with E-state index >= 15 is 0 Å². The van der Waals surface area contributed by atoms with Gasteiger partial charge in [0.1, 0.15) is 0 Å². The highest BCUT2D eigenvalue weighted by atomic mass is 16.5. The minimum absolute atomic E-state index is 0.512. The molecule has 0 saturated carbocycles. The molecule has 1 atom stereocenters. The van der Waals surface area contributed by atoms with E-state index in [1.54, 1.807) is 28.4 Å². The van der Waals surface area contributed by atoms with Gasteiger partial charge >= 0.3 is 0 Å². The Kier molecular flexibility index (Phi) is 9.16. The van der Waals surface area contributed by atoms with Crippen LogP contribution in [0.5, 0.6) is 17.2 Å². The first kappa shape index (κ1) is 22.1. The van der Waals surface area contributed by atoms with Gasteiger partial charge in [0.2, 0.25) is 5.75 Å². The summed E-state index contributed by atoms with van der Waals surface area (Å²) < 4.78 is 21.6. The van der Waals surface area contributed by atoms with Gasteiger partial charge in [-0.05, 0) is 23.6 Å². The monoisotopic (exact) mass is 394 g/mol. The zero-order chi connectivity index (χ0) is 20.4. The molecular formula is C20H34N4O4. The summed E-state index contributed by atoms with van der Waals surface area (Å²) in [5.41, 5.74) is 1.01. The molecule has 2 N–H and O–H groups in total. The first-order valence-electron chi connectivity index (χ1n) is 9.64. The molecule has 1 unspecified atom stereocenters. The van der Waals surface area contributed by atoms with Crippen molar-refractivity contribution in [2.24, 2.45) is 10.9 Å². The Morgan fingerprint density at radius 2 is 1.75 bits per heavy atom. The van der Waals surface area contributed by atoms with Crippen LogP contribution in [0.3, 0.4) is 0 Å². The molecule has 1 aromatic rings. The molecule has 8 nitrogen and oxygen atoms in total. The number of methoxy groups -OCH3 is 3. The lowest BCUT2D eigenvalue weighted by Crippen LogP contribution is -2.43. The van der Waals surface area contributed by atoms with Gasteiger partial charge in [-0.3, -0.25) is 9.89 Å². The molecule has 1 aliphatic rings. The molecule has 1 aliphatic heterocycles. The van der Waals surface area contributed by atoms with Crippen molar-refractivity contribution in [1.29, 1.82) is 0 Å². The summed E-state index contributed by atoms with van der Waals surface area (Å²) in [7, 11) is 6.61. The fourth-order valence-corrected chi connectivity index (χ4v) is 3.20. The average molecular weight is 395 g/mol. The van der Waals surface area contributed by atoms with E-state index in [2.05, 4.69) is 27.4 Å². The van der Waals surface area contributed by atoms with Crippen molar-refractivity contribution in [2.75, 3.05) is 67.8 Å². The van der Waals surface area contributed by atoms with Crippen LogP contribution in [0.15, 0.2) is 17.1 Å². The van der Waals surface area contributed by atoms with Gasteiger partial charge in [0.05, 0.1) is 34.5 Å². The number of benzene rings is 1. The van der Waals surface area contributed by atoms with E-state index in [4.69, 9.17) is 18.9 Å². The average Bonchev–Trinajstić information content (AvgIpc) is 2.73. The number of hydrogen-bond acceptors (Lipinski definition) is 6. The van der Waals surface area contributed by atoms with Crippen LogP contribution in [-0.4, -0.2) is 78.6 Å². The van der Waals surface area contributed by atoms with Crippen LogP contribution >= 0.6 is 0 Å². The van der Waals surface area contributed by atoms with Crippen LogP contribution in [0.1, 0.15) is 12.5 Å². The second-order valence-electron chi connectivity index (χ2n) is 6.86. The molecule has 8 heteroatoms. The lowest BCUT2D eigenvalue weighted by Gasteiger charge is -2.29. The van der Waals surface area contributed by atoms with Crippen molar-refractivity contribution < 1.29 is 18.9 Å². The topological polar surface area (TPSA) is 76.6 Å². The molecule has 0 aromatic heterocycles. The van der Waals surface area contributed by atoms with E-state index in [1.807, 2.05) is 12.1 Å². The van der Waals surface area contributed by atoms with E-state index in [9.17, 15) is 0 Å². The number of rotatable bonds is 9. The highest BCUT2D eigenvalue weighted by molar-refractivity contribution is 5.79. The predicted octanol–water partition coefficient (Wildman–Crippen LogP) is 1.35. The van der Waals surface area contributed by atoms with Gasteiger partial charge in [0.25, 0.3) is 0 Å². The third-order valence-electron chi connectivity index (χ3n) is 4.70. The molecular weight excluding hydrogens is 360 g/mol. The summed E-state index contributed by atoms with van der Waals surface area (Å²) in [6.45, 7) is 8.43. The molecule has 1 heterocycles. The summed E-state index contributed by atoms with van der Waals surface area (Å²) in [5.74, 6) is 3.15. The van der Waals surface area contributed by atoms with Crippen LogP contribution in [-0.2, 0) is 11.3 Å². The van der Waals surface area contributed by atoms with E-state index in [0.29, 0.717) is 29.7 Å². The third-order valence-corrected chi connectivity index (χ3v) is 4.70. The van der Waals surface area contributed by atoms with Gasteiger partial charge in [-0.1, -0.05) is 6.92 Å². The van der Waals surface area contributed by atoms with Crippen molar-refractivity contribution in [3.05, 3.63) is 17.7 Å². The van der Waals surface area contributed by atoms with Crippen molar-refractivity contribution in [3.8, 4) is 17.2 Å². The van der Waals surface area contributed by atoms with Crippen molar-refractivity contribution in [3.63, 3.8) is 0 Å². The summed E-state index contributed by atoms with van der Waals surface area (Å²) >= 11 is 0. The zero-order valence-electron chi connectivity index (χ0n) is 17.7. The molecule has 0 aliphatic carbocycles. The van der Waals surface area contributed by atoms with Crippen LogP contribution in [0.2, 0.25) is 0 Å². The predicted molar refractivity (Wildman–Crippen MR) is 111 cm³/mol. The number of morpholine rings is 1. The fraction of sp³-hybridized carbons (Fsp3) is 0.650. The quantitative estimate of drug-likeness (QED) is 0.484. The summed E-state index contributed by atoms with van der Waals surface area (Å²) in [5, 5.41) is 6.74. The molecule has 158 valence electrons. The standard InChI is InChI=1S/C20H34N4O4/c1-15(14-24-6-8-28-9-7-24)12-22-20(21-2)23-13-16-10-17(25-3)19(27-5)18(11-16)26-4/h10-11,15H,6-9,12-14H2,1-5H3,(H2,21,22,23). The second-order valence-corrected chi connectivity index (χ2v) is 6.86. The number of nitrogens with zero attached hydrogens (tertiary/aromatic N) is 2. The van der Waals surface area contributed by atoms with Gasteiger partial charge in [-0.2, -0.15) is 0 Å². The Labute approximate surface area is 168 Å². The molecule has 0 amide bonds. The largest absolute Gasteiger partial charge is 0.493 e. The summed E-state index contributed by atoms with van der Waals surface area (Å²) in [6.07, 6.45) is 0. The highest BCUT2D eigenvalue weighted by Crippen LogP contribution is 2.38.